The largest absolute Gasteiger partial charge is 0.347 e. The standard InChI is InChI=1S/C11H19N3OS/c1-4-14(5-2)6-9(3)13-11(15)10-7-16-8-12-10/h7-9H,4-6H2,1-3H3,(H,13,15). The van der Waals surface area contributed by atoms with Gasteiger partial charge in [-0.1, -0.05) is 13.8 Å². The van der Waals surface area contributed by atoms with Crippen molar-refractivity contribution < 1.29 is 4.79 Å². The van der Waals surface area contributed by atoms with Crippen molar-refractivity contribution in [3.05, 3.63) is 16.6 Å². The van der Waals surface area contributed by atoms with E-state index in [1.165, 1.54) is 11.3 Å². The topological polar surface area (TPSA) is 45.2 Å². The Bertz CT molecular complexity index is 309. The average molecular weight is 241 g/mol. The van der Waals surface area contributed by atoms with Crippen molar-refractivity contribution in [3.63, 3.8) is 0 Å². The molecule has 0 saturated heterocycles. The van der Waals surface area contributed by atoms with Gasteiger partial charge in [0, 0.05) is 18.0 Å². The van der Waals surface area contributed by atoms with E-state index in [1.807, 2.05) is 6.92 Å². The predicted octanol–water partition coefficient (Wildman–Crippen LogP) is 1.60. The molecule has 0 radical (unpaired) electrons. The van der Waals surface area contributed by atoms with Gasteiger partial charge in [-0.15, -0.1) is 11.3 Å². The number of aromatic nitrogens is 1. The predicted molar refractivity (Wildman–Crippen MR) is 66.8 cm³/mol. The third kappa shape index (κ3) is 3.90. The van der Waals surface area contributed by atoms with Gasteiger partial charge in [-0.2, -0.15) is 0 Å². The first kappa shape index (κ1) is 13.1. The maximum Gasteiger partial charge on any atom is 0.270 e. The number of hydrogen-bond donors (Lipinski definition) is 1. The Morgan fingerprint density at radius 3 is 2.75 bits per heavy atom. The molecule has 0 saturated carbocycles. The Kier molecular flexibility index (Phi) is 5.42. The molecule has 0 aliphatic heterocycles. The summed E-state index contributed by atoms with van der Waals surface area (Å²) in [5.41, 5.74) is 2.18. The first-order chi connectivity index (χ1) is 7.67. The van der Waals surface area contributed by atoms with Gasteiger partial charge in [0.25, 0.3) is 5.91 Å². The van der Waals surface area contributed by atoms with Crippen molar-refractivity contribution in [1.82, 2.24) is 15.2 Å². The monoisotopic (exact) mass is 241 g/mol. The number of nitrogens with zero attached hydrogens (tertiary/aromatic N) is 2. The van der Waals surface area contributed by atoms with Gasteiger partial charge < -0.3 is 10.2 Å². The summed E-state index contributed by atoms with van der Waals surface area (Å²) in [5, 5.41) is 4.71. The maximum absolute atomic E-state index is 11.7. The third-order valence-corrected chi connectivity index (χ3v) is 3.06. The number of nitrogens with one attached hydrogen (secondary N) is 1. The number of rotatable bonds is 6. The molecule has 90 valence electrons. The van der Waals surface area contributed by atoms with Gasteiger partial charge in [0.2, 0.25) is 0 Å². The fourth-order valence-electron chi connectivity index (χ4n) is 1.54. The van der Waals surface area contributed by atoms with Gasteiger partial charge in [0.1, 0.15) is 5.69 Å². The Balaban J connectivity index is 2.39. The minimum Gasteiger partial charge on any atom is -0.347 e. The second-order valence-electron chi connectivity index (χ2n) is 3.73. The van der Waals surface area contributed by atoms with E-state index in [9.17, 15) is 4.79 Å². The smallest absolute Gasteiger partial charge is 0.270 e. The fourth-order valence-corrected chi connectivity index (χ4v) is 2.07. The SMILES string of the molecule is CCN(CC)CC(C)NC(=O)c1cscn1. The highest BCUT2D eigenvalue weighted by Crippen LogP contribution is 2.01. The first-order valence-corrected chi connectivity index (χ1v) is 6.53. The van der Waals surface area contributed by atoms with Crippen molar-refractivity contribution >= 4 is 17.2 Å². The van der Waals surface area contributed by atoms with Crippen LogP contribution in [0.4, 0.5) is 0 Å². The summed E-state index contributed by atoms with van der Waals surface area (Å²) in [5.74, 6) is -0.0825. The van der Waals surface area contributed by atoms with Crippen LogP contribution in [0.3, 0.4) is 0 Å². The molecule has 0 bridgehead atoms. The molecule has 0 aliphatic carbocycles. The maximum atomic E-state index is 11.7. The minimum absolute atomic E-state index is 0.0825. The average Bonchev–Trinajstić information content (AvgIpc) is 2.79. The fraction of sp³-hybridized carbons (Fsp3) is 0.636. The molecule has 0 aromatic carbocycles. The van der Waals surface area contributed by atoms with Crippen molar-refractivity contribution in [2.45, 2.75) is 26.8 Å². The molecule has 1 aromatic rings. The lowest BCUT2D eigenvalue weighted by atomic mass is 10.3. The van der Waals surface area contributed by atoms with Crippen LogP contribution >= 0.6 is 11.3 Å². The van der Waals surface area contributed by atoms with Crippen LogP contribution in [-0.2, 0) is 0 Å². The molecule has 5 heteroatoms. The summed E-state index contributed by atoms with van der Waals surface area (Å²) in [6.07, 6.45) is 0. The molecule has 0 fully saturated rings. The van der Waals surface area contributed by atoms with Gasteiger partial charge in [-0.05, 0) is 20.0 Å². The van der Waals surface area contributed by atoms with Gasteiger partial charge in [-0.3, -0.25) is 4.79 Å². The molecule has 1 aromatic heterocycles. The lowest BCUT2D eigenvalue weighted by Gasteiger charge is -2.23. The number of thiazole rings is 1. The molecule has 1 rings (SSSR count). The zero-order valence-corrected chi connectivity index (χ0v) is 10.9. The second kappa shape index (κ2) is 6.60. The quantitative estimate of drug-likeness (QED) is 0.823. The Morgan fingerprint density at radius 1 is 1.56 bits per heavy atom. The summed E-state index contributed by atoms with van der Waals surface area (Å²) in [4.78, 5) is 18.0. The van der Waals surface area contributed by atoms with E-state index in [1.54, 1.807) is 10.9 Å². The van der Waals surface area contributed by atoms with Crippen LogP contribution in [0.15, 0.2) is 10.9 Å². The van der Waals surface area contributed by atoms with Gasteiger partial charge >= 0.3 is 0 Å². The van der Waals surface area contributed by atoms with Crippen molar-refractivity contribution in [2.75, 3.05) is 19.6 Å². The van der Waals surface area contributed by atoms with Crippen LogP contribution in [-0.4, -0.2) is 41.5 Å². The Hall–Kier alpha value is -0.940. The Labute approximate surface area is 101 Å². The highest BCUT2D eigenvalue weighted by Gasteiger charge is 2.12. The number of carbonyl (C=O) groups excluding carboxylic acids is 1. The van der Waals surface area contributed by atoms with Crippen LogP contribution < -0.4 is 5.32 Å². The molecule has 1 N–H and O–H groups in total. The van der Waals surface area contributed by atoms with Crippen LogP contribution in [0.25, 0.3) is 0 Å². The zero-order valence-electron chi connectivity index (χ0n) is 10.1. The van der Waals surface area contributed by atoms with Crippen LogP contribution in [0.2, 0.25) is 0 Å². The van der Waals surface area contributed by atoms with Crippen molar-refractivity contribution in [3.8, 4) is 0 Å². The second-order valence-corrected chi connectivity index (χ2v) is 4.45. The van der Waals surface area contributed by atoms with E-state index in [-0.39, 0.29) is 11.9 Å². The number of hydrogen-bond acceptors (Lipinski definition) is 4. The molecule has 1 atom stereocenters. The zero-order chi connectivity index (χ0) is 12.0. The molecule has 1 unspecified atom stereocenters. The van der Waals surface area contributed by atoms with E-state index in [0.29, 0.717) is 5.69 Å². The van der Waals surface area contributed by atoms with E-state index >= 15 is 0 Å². The van der Waals surface area contributed by atoms with E-state index in [0.717, 1.165) is 19.6 Å². The highest BCUT2D eigenvalue weighted by atomic mass is 32.1. The van der Waals surface area contributed by atoms with Crippen LogP contribution in [0, 0.1) is 0 Å². The van der Waals surface area contributed by atoms with E-state index < -0.39 is 0 Å². The summed E-state index contributed by atoms with van der Waals surface area (Å²) in [6, 6.07) is 0.147. The highest BCUT2D eigenvalue weighted by molar-refractivity contribution is 7.07. The molecule has 1 amide bonds. The van der Waals surface area contributed by atoms with Gasteiger partial charge in [0.05, 0.1) is 5.51 Å². The molecule has 1 heterocycles. The minimum atomic E-state index is -0.0825. The molecular formula is C11H19N3OS. The van der Waals surface area contributed by atoms with Crippen LogP contribution in [0.1, 0.15) is 31.3 Å². The molecule has 16 heavy (non-hydrogen) atoms. The Morgan fingerprint density at radius 2 is 2.25 bits per heavy atom. The number of likely N-dealkylation sites (N-methyl/N-ethyl adjacent to an activating group) is 1. The number of carbonyl (C=O) groups is 1. The summed E-state index contributed by atoms with van der Waals surface area (Å²) in [7, 11) is 0. The lowest BCUT2D eigenvalue weighted by Crippen LogP contribution is -2.42. The molecule has 0 aliphatic rings. The summed E-state index contributed by atoms with van der Waals surface area (Å²) >= 11 is 1.44. The summed E-state index contributed by atoms with van der Waals surface area (Å²) < 4.78 is 0. The van der Waals surface area contributed by atoms with E-state index in [2.05, 4.69) is 29.0 Å². The molecule has 0 spiro atoms. The van der Waals surface area contributed by atoms with Crippen molar-refractivity contribution in [1.29, 1.82) is 0 Å². The molecular weight excluding hydrogens is 222 g/mol. The normalized spacial score (nSPS) is 12.8. The summed E-state index contributed by atoms with van der Waals surface area (Å²) in [6.45, 7) is 9.16. The van der Waals surface area contributed by atoms with Gasteiger partial charge in [0.15, 0.2) is 0 Å². The van der Waals surface area contributed by atoms with E-state index in [4.69, 9.17) is 0 Å². The molecule has 4 nitrogen and oxygen atoms in total. The van der Waals surface area contributed by atoms with Crippen LogP contribution in [0.5, 0.6) is 0 Å². The van der Waals surface area contributed by atoms with Crippen molar-refractivity contribution in [2.24, 2.45) is 0 Å². The third-order valence-electron chi connectivity index (χ3n) is 2.47. The number of amides is 1. The lowest BCUT2D eigenvalue weighted by molar-refractivity contribution is 0.0926. The van der Waals surface area contributed by atoms with Gasteiger partial charge in [-0.25, -0.2) is 4.98 Å². The first-order valence-electron chi connectivity index (χ1n) is 5.58.